The van der Waals surface area contributed by atoms with Crippen LogP contribution in [0.4, 0.5) is 0 Å². The molecule has 0 amide bonds. The molecule has 0 rings (SSSR count). The van der Waals surface area contributed by atoms with Gasteiger partial charge in [-0.2, -0.15) is 0 Å². The molecule has 0 aliphatic rings. The number of hydrogen-bond donors (Lipinski definition) is 0. The van der Waals surface area contributed by atoms with E-state index < -0.39 is 0 Å². The van der Waals surface area contributed by atoms with Crippen molar-refractivity contribution >= 4 is 5.96 Å². The molecule has 0 aromatic carbocycles. The first-order chi connectivity index (χ1) is 7.20. The van der Waals surface area contributed by atoms with E-state index in [1.54, 1.807) is 7.11 Å². The molecule has 0 radical (unpaired) electrons. The van der Waals surface area contributed by atoms with Gasteiger partial charge in [-0.3, -0.25) is 4.99 Å². The number of guanidine groups is 1. The molecule has 16 heavy (non-hydrogen) atoms. The minimum atomic E-state index is 0.113. The molecule has 0 aliphatic carbocycles. The van der Waals surface area contributed by atoms with E-state index in [0.717, 1.165) is 5.96 Å². The fraction of sp³-hybridized carbons (Fsp3) is 0.917. The van der Waals surface area contributed by atoms with Crippen molar-refractivity contribution in [2.75, 3.05) is 41.8 Å². The predicted octanol–water partition coefficient (Wildman–Crippen LogP) is 1.53. The van der Waals surface area contributed by atoms with Crippen LogP contribution in [0, 0.1) is 5.41 Å². The Morgan fingerprint density at radius 1 is 1.12 bits per heavy atom. The van der Waals surface area contributed by atoms with Crippen molar-refractivity contribution in [1.29, 1.82) is 0 Å². The molecule has 0 bridgehead atoms. The lowest BCUT2D eigenvalue weighted by Crippen LogP contribution is -2.38. The van der Waals surface area contributed by atoms with Gasteiger partial charge in [0.2, 0.25) is 0 Å². The third-order valence-electron chi connectivity index (χ3n) is 2.45. The summed E-state index contributed by atoms with van der Waals surface area (Å²) in [5, 5.41) is 0. The Hall–Kier alpha value is -0.770. The Labute approximate surface area is 100 Å². The maximum atomic E-state index is 5.48. The van der Waals surface area contributed by atoms with Crippen LogP contribution >= 0.6 is 0 Å². The third kappa shape index (κ3) is 4.84. The third-order valence-corrected chi connectivity index (χ3v) is 2.45. The topological polar surface area (TPSA) is 28.1 Å². The zero-order valence-corrected chi connectivity index (χ0v) is 12.0. The maximum Gasteiger partial charge on any atom is 0.195 e. The first-order valence-corrected chi connectivity index (χ1v) is 5.62. The zero-order valence-electron chi connectivity index (χ0n) is 12.0. The lowest BCUT2D eigenvalue weighted by Gasteiger charge is -2.29. The average Bonchev–Trinajstić information content (AvgIpc) is 2.08. The van der Waals surface area contributed by atoms with Gasteiger partial charge < -0.3 is 14.5 Å². The van der Waals surface area contributed by atoms with E-state index in [9.17, 15) is 0 Å². The maximum absolute atomic E-state index is 5.48. The fourth-order valence-electron chi connectivity index (χ4n) is 1.55. The molecule has 0 aliphatic heterocycles. The van der Waals surface area contributed by atoms with Gasteiger partial charge in [0.1, 0.15) is 0 Å². The number of nitrogens with zero attached hydrogens (tertiary/aromatic N) is 3. The first-order valence-electron chi connectivity index (χ1n) is 5.62. The first kappa shape index (κ1) is 15.2. The van der Waals surface area contributed by atoms with Gasteiger partial charge >= 0.3 is 0 Å². The summed E-state index contributed by atoms with van der Waals surface area (Å²) >= 11 is 0. The summed E-state index contributed by atoms with van der Waals surface area (Å²) in [4.78, 5) is 8.62. The van der Waals surface area contributed by atoms with Gasteiger partial charge in [-0.1, -0.05) is 20.8 Å². The summed E-state index contributed by atoms with van der Waals surface area (Å²) in [7, 11) is 9.74. The van der Waals surface area contributed by atoms with Crippen molar-refractivity contribution in [3.05, 3.63) is 0 Å². The molecule has 4 heteroatoms. The van der Waals surface area contributed by atoms with Gasteiger partial charge in [0, 0.05) is 35.3 Å². The standard InChI is InChI=1S/C12H27N3O/c1-12(2,3)10(16-8)9-13-11(14(4)5)15(6)7/h10H,9H2,1-8H3/t10-/m0/s1. The van der Waals surface area contributed by atoms with E-state index in [1.807, 2.05) is 38.0 Å². The Balaban J connectivity index is 4.64. The molecule has 0 spiro atoms. The van der Waals surface area contributed by atoms with E-state index in [-0.39, 0.29) is 11.5 Å². The van der Waals surface area contributed by atoms with Crippen LogP contribution in [0.25, 0.3) is 0 Å². The predicted molar refractivity (Wildman–Crippen MR) is 69.9 cm³/mol. The summed E-state index contributed by atoms with van der Waals surface area (Å²) in [6, 6.07) is 0. The van der Waals surface area contributed by atoms with Crippen LogP contribution in [0.2, 0.25) is 0 Å². The van der Waals surface area contributed by atoms with Crippen molar-refractivity contribution in [3.63, 3.8) is 0 Å². The van der Waals surface area contributed by atoms with Crippen molar-refractivity contribution < 1.29 is 4.74 Å². The smallest absolute Gasteiger partial charge is 0.195 e. The van der Waals surface area contributed by atoms with Gasteiger partial charge in [0.15, 0.2) is 5.96 Å². The van der Waals surface area contributed by atoms with E-state index in [1.165, 1.54) is 0 Å². The normalized spacial score (nSPS) is 13.2. The van der Waals surface area contributed by atoms with Gasteiger partial charge in [-0.05, 0) is 5.41 Å². The second-order valence-electron chi connectivity index (χ2n) is 5.52. The molecule has 4 nitrogen and oxygen atoms in total. The summed E-state index contributed by atoms with van der Waals surface area (Å²) in [6.45, 7) is 7.19. The Bertz CT molecular complexity index is 219. The Kier molecular flexibility index (Phi) is 5.79. The molecule has 0 unspecified atom stereocenters. The number of hydrogen-bond acceptors (Lipinski definition) is 2. The van der Waals surface area contributed by atoms with Crippen molar-refractivity contribution in [3.8, 4) is 0 Å². The van der Waals surface area contributed by atoms with Gasteiger partial charge in [0.05, 0.1) is 12.6 Å². The molecule has 0 saturated heterocycles. The number of ether oxygens (including phenoxy) is 1. The molecular weight excluding hydrogens is 202 g/mol. The van der Waals surface area contributed by atoms with Crippen LogP contribution in [0.3, 0.4) is 0 Å². The van der Waals surface area contributed by atoms with Crippen molar-refractivity contribution in [2.45, 2.75) is 26.9 Å². The molecule has 1 atom stereocenters. The van der Waals surface area contributed by atoms with E-state index in [2.05, 4.69) is 25.8 Å². The molecule has 0 aromatic rings. The number of methoxy groups -OCH3 is 1. The molecular formula is C12H27N3O. The minimum Gasteiger partial charge on any atom is -0.379 e. The number of aliphatic imine (C=N–C) groups is 1. The SMILES string of the molecule is CO[C@@H](CN=C(N(C)C)N(C)C)C(C)(C)C. The van der Waals surface area contributed by atoms with E-state index in [0.29, 0.717) is 6.54 Å². The average molecular weight is 229 g/mol. The minimum absolute atomic E-state index is 0.113. The molecule has 0 aromatic heterocycles. The highest BCUT2D eigenvalue weighted by Crippen LogP contribution is 2.21. The summed E-state index contributed by atoms with van der Waals surface area (Å²) in [5.74, 6) is 0.964. The molecule has 0 fully saturated rings. The summed E-state index contributed by atoms with van der Waals surface area (Å²) in [6.07, 6.45) is 0.141. The van der Waals surface area contributed by atoms with Gasteiger partial charge in [-0.15, -0.1) is 0 Å². The monoisotopic (exact) mass is 229 g/mol. The summed E-state index contributed by atoms with van der Waals surface area (Å²) < 4.78 is 5.48. The van der Waals surface area contributed by atoms with E-state index in [4.69, 9.17) is 4.74 Å². The lowest BCUT2D eigenvalue weighted by molar-refractivity contribution is 0.0239. The van der Waals surface area contributed by atoms with Crippen LogP contribution in [-0.2, 0) is 4.74 Å². The fourth-order valence-corrected chi connectivity index (χ4v) is 1.55. The molecule has 96 valence electrons. The van der Waals surface area contributed by atoms with Crippen molar-refractivity contribution in [2.24, 2.45) is 10.4 Å². The quantitative estimate of drug-likeness (QED) is 0.542. The highest BCUT2D eigenvalue weighted by Gasteiger charge is 2.24. The van der Waals surface area contributed by atoms with E-state index >= 15 is 0 Å². The Morgan fingerprint density at radius 3 is 1.81 bits per heavy atom. The van der Waals surface area contributed by atoms with Crippen molar-refractivity contribution in [1.82, 2.24) is 9.80 Å². The van der Waals surface area contributed by atoms with Crippen LogP contribution < -0.4 is 0 Å². The van der Waals surface area contributed by atoms with Crippen LogP contribution in [0.5, 0.6) is 0 Å². The highest BCUT2D eigenvalue weighted by molar-refractivity contribution is 5.79. The molecule has 0 heterocycles. The highest BCUT2D eigenvalue weighted by atomic mass is 16.5. The summed E-state index contributed by atoms with van der Waals surface area (Å²) in [5.41, 5.74) is 0.113. The second-order valence-corrected chi connectivity index (χ2v) is 5.52. The second kappa shape index (κ2) is 6.09. The molecule has 0 N–H and O–H groups in total. The van der Waals surface area contributed by atoms with Crippen LogP contribution in [0.1, 0.15) is 20.8 Å². The lowest BCUT2D eigenvalue weighted by atomic mass is 9.89. The van der Waals surface area contributed by atoms with Crippen LogP contribution in [0.15, 0.2) is 4.99 Å². The zero-order chi connectivity index (χ0) is 12.9. The molecule has 0 saturated carbocycles. The Morgan fingerprint density at radius 2 is 1.56 bits per heavy atom. The van der Waals surface area contributed by atoms with Gasteiger partial charge in [-0.25, -0.2) is 0 Å². The van der Waals surface area contributed by atoms with Crippen LogP contribution in [-0.4, -0.2) is 63.7 Å². The number of rotatable bonds is 3. The largest absolute Gasteiger partial charge is 0.379 e. The van der Waals surface area contributed by atoms with Gasteiger partial charge in [0.25, 0.3) is 0 Å².